The van der Waals surface area contributed by atoms with Gasteiger partial charge in [-0.3, -0.25) is 4.99 Å². The van der Waals surface area contributed by atoms with Crippen molar-refractivity contribution in [2.75, 3.05) is 32.4 Å². The number of aliphatic imine (C=N–C) groups is 1. The van der Waals surface area contributed by atoms with Gasteiger partial charge in [-0.25, -0.2) is 8.42 Å². The summed E-state index contributed by atoms with van der Waals surface area (Å²) < 4.78 is 33.1. The molecular weight excluding hydrogens is 330 g/mol. The third-order valence-corrected chi connectivity index (χ3v) is 4.65. The van der Waals surface area contributed by atoms with E-state index in [-0.39, 0.29) is 18.6 Å². The number of nitrogens with zero attached hydrogens (tertiary/aromatic N) is 1. The molecule has 1 atom stereocenters. The predicted molar refractivity (Wildman–Crippen MR) is 94.6 cm³/mol. The van der Waals surface area contributed by atoms with Gasteiger partial charge >= 0.3 is 0 Å². The molecule has 2 rings (SSSR count). The quantitative estimate of drug-likeness (QED) is 0.559. The van der Waals surface area contributed by atoms with E-state index in [1.165, 1.54) is 6.26 Å². The maximum atomic E-state index is 11.2. The minimum Gasteiger partial charge on any atom is -0.454 e. The molecule has 7 nitrogen and oxygen atoms in total. The average molecular weight is 355 g/mol. The first-order valence-corrected chi connectivity index (χ1v) is 9.97. The zero-order valence-corrected chi connectivity index (χ0v) is 15.1. The van der Waals surface area contributed by atoms with E-state index in [2.05, 4.69) is 15.6 Å². The molecule has 0 saturated carbocycles. The lowest BCUT2D eigenvalue weighted by atomic mass is 10.1. The van der Waals surface area contributed by atoms with Gasteiger partial charge in [-0.05, 0) is 37.5 Å². The summed E-state index contributed by atoms with van der Waals surface area (Å²) in [6.45, 7) is 2.92. The molecule has 134 valence electrons. The average Bonchev–Trinajstić information content (AvgIpc) is 2.99. The molecule has 1 heterocycles. The maximum Gasteiger partial charge on any atom is 0.231 e. The van der Waals surface area contributed by atoms with Crippen molar-refractivity contribution in [3.8, 4) is 11.5 Å². The third kappa shape index (κ3) is 5.92. The lowest BCUT2D eigenvalue weighted by Gasteiger charge is -2.17. The molecule has 2 N–H and O–H groups in total. The van der Waals surface area contributed by atoms with Gasteiger partial charge < -0.3 is 20.1 Å². The highest BCUT2D eigenvalue weighted by atomic mass is 32.2. The standard InChI is InChI=1S/C16H25N3O4S/c1-12(7-9-24(3,20)21)19-16(17-2)18-8-6-13-4-5-14-15(10-13)23-11-22-14/h4-5,10,12H,6-9,11H2,1-3H3,(H2,17,18,19). The van der Waals surface area contributed by atoms with Gasteiger partial charge in [0.05, 0.1) is 5.75 Å². The zero-order valence-electron chi connectivity index (χ0n) is 14.3. The third-order valence-electron chi connectivity index (χ3n) is 3.67. The van der Waals surface area contributed by atoms with Gasteiger partial charge in [0.25, 0.3) is 0 Å². The number of fused-ring (bicyclic) bond motifs is 1. The number of hydrogen-bond acceptors (Lipinski definition) is 5. The molecule has 1 aliphatic rings. The van der Waals surface area contributed by atoms with E-state index in [0.717, 1.165) is 23.5 Å². The van der Waals surface area contributed by atoms with Crippen molar-refractivity contribution in [3.05, 3.63) is 23.8 Å². The predicted octanol–water partition coefficient (Wildman–Crippen LogP) is 0.946. The Hall–Kier alpha value is -1.96. The van der Waals surface area contributed by atoms with Crippen LogP contribution in [0, 0.1) is 0 Å². The monoisotopic (exact) mass is 355 g/mol. The Bertz CT molecular complexity index is 689. The van der Waals surface area contributed by atoms with E-state index in [1.807, 2.05) is 25.1 Å². The summed E-state index contributed by atoms with van der Waals surface area (Å²) in [6, 6.07) is 5.93. The molecule has 1 unspecified atom stereocenters. The molecule has 1 aromatic carbocycles. The maximum absolute atomic E-state index is 11.2. The molecule has 0 bridgehead atoms. The van der Waals surface area contributed by atoms with Crippen LogP contribution < -0.4 is 20.1 Å². The van der Waals surface area contributed by atoms with E-state index >= 15 is 0 Å². The van der Waals surface area contributed by atoms with Crippen LogP contribution in [0.2, 0.25) is 0 Å². The van der Waals surface area contributed by atoms with Crippen LogP contribution in [0.15, 0.2) is 23.2 Å². The van der Waals surface area contributed by atoms with Crippen LogP contribution in [0.1, 0.15) is 18.9 Å². The van der Waals surface area contributed by atoms with Gasteiger partial charge in [-0.15, -0.1) is 0 Å². The highest BCUT2D eigenvalue weighted by Gasteiger charge is 2.13. The summed E-state index contributed by atoms with van der Waals surface area (Å²) in [5.41, 5.74) is 1.15. The molecule has 1 aromatic rings. The fourth-order valence-electron chi connectivity index (χ4n) is 2.31. The molecule has 0 spiro atoms. The second-order valence-electron chi connectivity index (χ2n) is 5.90. The highest BCUT2D eigenvalue weighted by Crippen LogP contribution is 2.32. The molecule has 0 radical (unpaired) electrons. The second-order valence-corrected chi connectivity index (χ2v) is 8.16. The van der Waals surface area contributed by atoms with E-state index in [0.29, 0.717) is 18.9 Å². The normalized spacial score (nSPS) is 15.2. The number of rotatable bonds is 7. The Morgan fingerprint density at radius 3 is 2.79 bits per heavy atom. The molecule has 0 aromatic heterocycles. The number of ether oxygens (including phenoxy) is 2. The first-order valence-electron chi connectivity index (χ1n) is 7.91. The van der Waals surface area contributed by atoms with Gasteiger partial charge in [0.2, 0.25) is 6.79 Å². The van der Waals surface area contributed by atoms with Crippen molar-refractivity contribution in [2.45, 2.75) is 25.8 Å². The van der Waals surface area contributed by atoms with Crippen LogP contribution in [0.4, 0.5) is 0 Å². The summed E-state index contributed by atoms with van der Waals surface area (Å²) in [6.07, 6.45) is 2.61. The van der Waals surface area contributed by atoms with Crippen LogP contribution in [-0.2, 0) is 16.3 Å². The minimum absolute atomic E-state index is 0.0245. The van der Waals surface area contributed by atoms with E-state index < -0.39 is 9.84 Å². The topological polar surface area (TPSA) is 89.0 Å². The number of hydrogen-bond donors (Lipinski definition) is 2. The molecular formula is C16H25N3O4S. The summed E-state index contributed by atoms with van der Waals surface area (Å²) in [5.74, 6) is 2.39. The van der Waals surface area contributed by atoms with Crippen molar-refractivity contribution >= 4 is 15.8 Å². The zero-order chi connectivity index (χ0) is 17.6. The largest absolute Gasteiger partial charge is 0.454 e. The SMILES string of the molecule is CN=C(NCCc1ccc2c(c1)OCO2)NC(C)CCS(C)(=O)=O. The molecule has 24 heavy (non-hydrogen) atoms. The van der Waals surface area contributed by atoms with Crippen molar-refractivity contribution in [1.29, 1.82) is 0 Å². The Kier molecular flexibility index (Phi) is 6.30. The summed E-state index contributed by atoms with van der Waals surface area (Å²) in [5, 5.41) is 6.43. The molecule has 0 fully saturated rings. The summed E-state index contributed by atoms with van der Waals surface area (Å²) >= 11 is 0. The number of sulfone groups is 1. The van der Waals surface area contributed by atoms with E-state index in [9.17, 15) is 8.42 Å². The summed E-state index contributed by atoms with van der Waals surface area (Å²) in [4.78, 5) is 4.16. The second kappa shape index (κ2) is 8.23. The van der Waals surface area contributed by atoms with Crippen LogP contribution in [0.3, 0.4) is 0 Å². The Morgan fingerprint density at radius 1 is 1.33 bits per heavy atom. The minimum atomic E-state index is -2.94. The lowest BCUT2D eigenvalue weighted by Crippen LogP contribution is -2.43. The first kappa shape index (κ1) is 18.4. The van der Waals surface area contributed by atoms with Gasteiger partial charge in [-0.2, -0.15) is 0 Å². The van der Waals surface area contributed by atoms with Crippen molar-refractivity contribution in [2.24, 2.45) is 4.99 Å². The van der Waals surface area contributed by atoms with Gasteiger partial charge in [0.15, 0.2) is 17.5 Å². The Labute approximate surface area is 143 Å². The smallest absolute Gasteiger partial charge is 0.231 e. The lowest BCUT2D eigenvalue weighted by molar-refractivity contribution is 0.174. The fraction of sp³-hybridized carbons (Fsp3) is 0.562. The van der Waals surface area contributed by atoms with Gasteiger partial charge in [0.1, 0.15) is 9.84 Å². The van der Waals surface area contributed by atoms with Crippen molar-refractivity contribution in [1.82, 2.24) is 10.6 Å². The molecule has 0 amide bonds. The number of benzene rings is 1. The molecule has 0 aliphatic carbocycles. The molecule has 0 saturated heterocycles. The van der Waals surface area contributed by atoms with Crippen molar-refractivity contribution in [3.63, 3.8) is 0 Å². The molecule has 8 heteroatoms. The van der Waals surface area contributed by atoms with E-state index in [1.54, 1.807) is 7.05 Å². The summed E-state index contributed by atoms with van der Waals surface area (Å²) in [7, 11) is -1.25. The molecule has 1 aliphatic heterocycles. The number of nitrogens with one attached hydrogen (secondary N) is 2. The Balaban J connectivity index is 1.75. The van der Waals surface area contributed by atoms with Crippen LogP contribution in [0.25, 0.3) is 0 Å². The van der Waals surface area contributed by atoms with Crippen LogP contribution in [-0.4, -0.2) is 52.8 Å². The highest BCUT2D eigenvalue weighted by molar-refractivity contribution is 7.90. The van der Waals surface area contributed by atoms with Crippen molar-refractivity contribution < 1.29 is 17.9 Å². The van der Waals surface area contributed by atoms with Gasteiger partial charge in [0, 0.05) is 25.9 Å². The van der Waals surface area contributed by atoms with Crippen LogP contribution >= 0.6 is 0 Å². The number of guanidine groups is 1. The first-order chi connectivity index (χ1) is 11.4. The van der Waals surface area contributed by atoms with E-state index in [4.69, 9.17) is 9.47 Å². The fourth-order valence-corrected chi connectivity index (χ4v) is 3.09. The Morgan fingerprint density at radius 2 is 2.08 bits per heavy atom. The van der Waals surface area contributed by atoms with Crippen LogP contribution in [0.5, 0.6) is 11.5 Å². The van der Waals surface area contributed by atoms with Gasteiger partial charge in [-0.1, -0.05) is 6.07 Å².